The molecule has 1 atom stereocenters. The van der Waals surface area contributed by atoms with Gasteiger partial charge >= 0.3 is 0 Å². The zero-order valence-electron chi connectivity index (χ0n) is 13.7. The molecule has 0 aromatic heterocycles. The highest BCUT2D eigenvalue weighted by molar-refractivity contribution is 6.32. The summed E-state index contributed by atoms with van der Waals surface area (Å²) in [6, 6.07) is 15.5. The van der Waals surface area contributed by atoms with Crippen molar-refractivity contribution in [3.05, 3.63) is 53.6 Å². The first-order valence-electron chi connectivity index (χ1n) is 7.46. The number of nitrogens with zero attached hydrogens (tertiary/aromatic N) is 1. The van der Waals surface area contributed by atoms with E-state index in [1.54, 1.807) is 18.0 Å². The monoisotopic (exact) mass is 368 g/mol. The molecule has 2 aromatic carbocycles. The number of hydrogen-bond donors (Lipinski definition) is 1. The number of rotatable bonds is 6. The summed E-state index contributed by atoms with van der Waals surface area (Å²) < 4.78 is 5.54. The fourth-order valence-corrected chi connectivity index (χ4v) is 2.31. The van der Waals surface area contributed by atoms with Crippen molar-refractivity contribution in [2.75, 3.05) is 20.2 Å². The molecule has 0 aliphatic heterocycles. The first-order chi connectivity index (χ1) is 11.0. The van der Waals surface area contributed by atoms with Crippen LogP contribution in [0.4, 0.5) is 0 Å². The van der Waals surface area contributed by atoms with Crippen LogP contribution in [-0.2, 0) is 4.79 Å². The summed E-state index contributed by atoms with van der Waals surface area (Å²) in [5, 5.41) is 0.480. The molecule has 2 rings (SSSR count). The minimum atomic E-state index is -0.133. The summed E-state index contributed by atoms with van der Waals surface area (Å²) in [6.45, 7) is 2.24. The molecule has 0 heterocycles. The van der Waals surface area contributed by atoms with E-state index in [-0.39, 0.29) is 31.0 Å². The van der Waals surface area contributed by atoms with Gasteiger partial charge in [0.1, 0.15) is 5.75 Å². The van der Waals surface area contributed by atoms with Crippen LogP contribution in [-0.4, -0.2) is 37.0 Å². The van der Waals surface area contributed by atoms with Gasteiger partial charge in [0.15, 0.2) is 6.61 Å². The lowest BCUT2D eigenvalue weighted by Crippen LogP contribution is -2.42. The van der Waals surface area contributed by atoms with Crippen molar-refractivity contribution in [3.63, 3.8) is 0 Å². The van der Waals surface area contributed by atoms with Crippen LogP contribution in [0.15, 0.2) is 48.5 Å². The lowest BCUT2D eigenvalue weighted by Gasteiger charge is -2.23. The van der Waals surface area contributed by atoms with Crippen LogP contribution in [0.3, 0.4) is 0 Å². The molecule has 0 saturated heterocycles. The number of ether oxygens (including phenoxy) is 1. The predicted octanol–water partition coefficient (Wildman–Crippen LogP) is 3.61. The minimum absolute atomic E-state index is 0. The van der Waals surface area contributed by atoms with Crippen LogP contribution in [0, 0.1) is 0 Å². The van der Waals surface area contributed by atoms with Gasteiger partial charge in [0.2, 0.25) is 0 Å². The molecule has 1 unspecified atom stereocenters. The van der Waals surface area contributed by atoms with E-state index in [0.717, 1.165) is 11.1 Å². The quantitative estimate of drug-likeness (QED) is 0.846. The third kappa shape index (κ3) is 5.13. The molecule has 2 N–H and O–H groups in total. The summed E-state index contributed by atoms with van der Waals surface area (Å²) in [4.78, 5) is 13.6. The molecular weight excluding hydrogens is 347 g/mol. The SMILES string of the molecule is CC(CN)N(C)C(=O)COc1ccc(-c2ccccc2)cc1Cl.Cl. The van der Waals surface area contributed by atoms with E-state index in [0.29, 0.717) is 17.3 Å². The number of carbonyl (C=O) groups is 1. The molecule has 2 aromatic rings. The highest BCUT2D eigenvalue weighted by atomic mass is 35.5. The normalized spacial score (nSPS) is 11.3. The van der Waals surface area contributed by atoms with Gasteiger partial charge in [-0.05, 0) is 30.2 Å². The van der Waals surface area contributed by atoms with E-state index in [1.165, 1.54) is 0 Å². The summed E-state index contributed by atoms with van der Waals surface area (Å²) in [5.41, 5.74) is 7.64. The van der Waals surface area contributed by atoms with Crippen molar-refractivity contribution in [1.82, 2.24) is 4.90 Å². The Hall–Kier alpha value is -1.75. The second kappa shape index (κ2) is 9.52. The first-order valence-corrected chi connectivity index (χ1v) is 7.84. The van der Waals surface area contributed by atoms with Crippen molar-refractivity contribution in [2.45, 2.75) is 13.0 Å². The third-order valence-electron chi connectivity index (χ3n) is 3.79. The lowest BCUT2D eigenvalue weighted by atomic mass is 10.1. The molecule has 6 heteroatoms. The average molecular weight is 369 g/mol. The van der Waals surface area contributed by atoms with Gasteiger partial charge in [-0.1, -0.05) is 48.0 Å². The molecule has 24 heavy (non-hydrogen) atoms. The topological polar surface area (TPSA) is 55.6 Å². The Kier molecular flexibility index (Phi) is 8.05. The van der Waals surface area contributed by atoms with Gasteiger partial charge in [-0.15, -0.1) is 12.4 Å². The van der Waals surface area contributed by atoms with E-state index in [9.17, 15) is 4.79 Å². The molecule has 0 bridgehead atoms. The molecule has 0 spiro atoms. The van der Waals surface area contributed by atoms with E-state index in [1.807, 2.05) is 49.4 Å². The van der Waals surface area contributed by atoms with Gasteiger partial charge in [-0.25, -0.2) is 0 Å². The molecule has 0 saturated carbocycles. The molecular formula is C18H22Cl2N2O2. The Labute approximate surface area is 154 Å². The van der Waals surface area contributed by atoms with Gasteiger partial charge in [0.05, 0.1) is 5.02 Å². The van der Waals surface area contributed by atoms with E-state index < -0.39 is 0 Å². The molecule has 4 nitrogen and oxygen atoms in total. The zero-order valence-corrected chi connectivity index (χ0v) is 15.3. The maximum atomic E-state index is 12.0. The molecule has 0 fully saturated rings. The van der Waals surface area contributed by atoms with E-state index in [4.69, 9.17) is 22.1 Å². The van der Waals surface area contributed by atoms with Crippen molar-refractivity contribution in [1.29, 1.82) is 0 Å². The number of likely N-dealkylation sites (N-methyl/N-ethyl adjacent to an activating group) is 1. The van der Waals surface area contributed by atoms with Crippen LogP contribution in [0.2, 0.25) is 5.02 Å². The second-order valence-electron chi connectivity index (χ2n) is 5.39. The van der Waals surface area contributed by atoms with E-state index >= 15 is 0 Å². The second-order valence-corrected chi connectivity index (χ2v) is 5.80. The highest BCUT2D eigenvalue weighted by Gasteiger charge is 2.15. The lowest BCUT2D eigenvalue weighted by molar-refractivity contribution is -0.133. The number of amides is 1. The van der Waals surface area contributed by atoms with E-state index in [2.05, 4.69) is 0 Å². The summed E-state index contributed by atoms with van der Waals surface area (Å²) >= 11 is 6.26. The number of benzene rings is 2. The zero-order chi connectivity index (χ0) is 16.8. The van der Waals surface area contributed by atoms with Crippen LogP contribution >= 0.6 is 24.0 Å². The van der Waals surface area contributed by atoms with Crippen molar-refractivity contribution in [3.8, 4) is 16.9 Å². The van der Waals surface area contributed by atoms with Crippen LogP contribution < -0.4 is 10.5 Å². The maximum Gasteiger partial charge on any atom is 0.260 e. The highest BCUT2D eigenvalue weighted by Crippen LogP contribution is 2.30. The van der Waals surface area contributed by atoms with Crippen LogP contribution in [0.1, 0.15) is 6.92 Å². The van der Waals surface area contributed by atoms with Crippen LogP contribution in [0.5, 0.6) is 5.75 Å². The van der Waals surface area contributed by atoms with Gasteiger partial charge < -0.3 is 15.4 Å². The standard InChI is InChI=1S/C18H21ClN2O2.ClH/c1-13(11-20)21(2)18(22)12-23-17-9-8-15(10-16(17)19)14-6-4-3-5-7-14;/h3-10,13H,11-12,20H2,1-2H3;1H. The average Bonchev–Trinajstić information content (AvgIpc) is 2.59. The van der Waals surface area contributed by atoms with Gasteiger partial charge in [-0.2, -0.15) is 0 Å². The van der Waals surface area contributed by atoms with Crippen LogP contribution in [0.25, 0.3) is 11.1 Å². The Morgan fingerprint density at radius 2 is 1.88 bits per heavy atom. The van der Waals surface area contributed by atoms with Crippen molar-refractivity contribution >= 4 is 29.9 Å². The summed E-state index contributed by atoms with van der Waals surface area (Å²) in [7, 11) is 1.71. The predicted molar refractivity (Wildman–Crippen MR) is 101 cm³/mol. The third-order valence-corrected chi connectivity index (χ3v) is 4.08. The van der Waals surface area contributed by atoms with Gasteiger partial charge in [-0.3, -0.25) is 4.79 Å². The molecule has 0 aliphatic carbocycles. The molecule has 1 amide bonds. The number of halogens is 2. The molecule has 0 aliphatic rings. The number of carbonyl (C=O) groups excluding carboxylic acids is 1. The minimum Gasteiger partial charge on any atom is -0.482 e. The summed E-state index contributed by atoms with van der Waals surface area (Å²) in [5.74, 6) is 0.361. The molecule has 0 radical (unpaired) electrons. The fourth-order valence-electron chi connectivity index (χ4n) is 2.07. The Morgan fingerprint density at radius 1 is 1.21 bits per heavy atom. The largest absolute Gasteiger partial charge is 0.482 e. The van der Waals surface area contributed by atoms with Gasteiger partial charge in [0.25, 0.3) is 5.91 Å². The molecule has 130 valence electrons. The van der Waals surface area contributed by atoms with Crippen molar-refractivity contribution < 1.29 is 9.53 Å². The Bertz CT molecular complexity index is 665. The fraction of sp³-hybridized carbons (Fsp3) is 0.278. The summed E-state index contributed by atoms with van der Waals surface area (Å²) in [6.07, 6.45) is 0. The van der Waals surface area contributed by atoms with Crippen molar-refractivity contribution in [2.24, 2.45) is 5.73 Å². The first kappa shape index (κ1) is 20.3. The maximum absolute atomic E-state index is 12.0. The Balaban J connectivity index is 0.00000288. The van der Waals surface area contributed by atoms with Gasteiger partial charge in [0, 0.05) is 19.6 Å². The number of hydrogen-bond acceptors (Lipinski definition) is 3. The number of nitrogens with two attached hydrogens (primary N) is 1. The Morgan fingerprint density at radius 3 is 2.46 bits per heavy atom. The smallest absolute Gasteiger partial charge is 0.260 e.